The van der Waals surface area contributed by atoms with Crippen LogP contribution in [0.15, 0.2) is 42.5 Å². The van der Waals surface area contributed by atoms with Crippen molar-refractivity contribution in [1.29, 1.82) is 0 Å². The van der Waals surface area contributed by atoms with Gasteiger partial charge in [-0.15, -0.1) is 0 Å². The first-order chi connectivity index (χ1) is 7.88. The van der Waals surface area contributed by atoms with Crippen molar-refractivity contribution in [3.8, 4) is 0 Å². The molecule has 0 bridgehead atoms. The van der Waals surface area contributed by atoms with E-state index in [2.05, 4.69) is 11.9 Å². The molecule has 17 heavy (non-hydrogen) atoms. The summed E-state index contributed by atoms with van der Waals surface area (Å²) in [4.78, 5) is 0. The highest BCUT2D eigenvalue weighted by Gasteiger charge is 2.16. The predicted molar refractivity (Wildman–Crippen MR) is 71.7 cm³/mol. The van der Waals surface area contributed by atoms with E-state index in [1.807, 2.05) is 37.3 Å². The molecule has 0 aliphatic heterocycles. The summed E-state index contributed by atoms with van der Waals surface area (Å²) < 4.78 is 22.8. The molecule has 0 spiro atoms. The molecule has 1 unspecified atom stereocenters. The lowest BCUT2D eigenvalue weighted by molar-refractivity contribution is 0.567. The third kappa shape index (κ3) is 5.65. The lowest BCUT2D eigenvalue weighted by atomic mass is 10.1. The molecule has 1 aromatic rings. The van der Waals surface area contributed by atoms with E-state index in [1.165, 1.54) is 6.26 Å². The Balaban J connectivity index is 2.83. The van der Waals surface area contributed by atoms with Gasteiger partial charge in [-0.25, -0.2) is 8.42 Å². The highest BCUT2D eigenvalue weighted by molar-refractivity contribution is 7.90. The van der Waals surface area contributed by atoms with Gasteiger partial charge in [-0.05, 0) is 12.5 Å². The summed E-state index contributed by atoms with van der Waals surface area (Å²) in [5.41, 5.74) is 1.97. The maximum atomic E-state index is 11.4. The molecule has 1 rings (SSSR count). The fourth-order valence-corrected chi connectivity index (χ4v) is 2.47. The van der Waals surface area contributed by atoms with Crippen LogP contribution < -0.4 is 5.32 Å². The molecule has 0 aliphatic carbocycles. The van der Waals surface area contributed by atoms with Gasteiger partial charge in [-0.1, -0.05) is 42.5 Å². The third-order valence-corrected chi connectivity index (χ3v) is 3.26. The van der Waals surface area contributed by atoms with E-state index in [9.17, 15) is 8.42 Å². The summed E-state index contributed by atoms with van der Waals surface area (Å²) in [5, 5.41) is 3.21. The molecule has 0 fully saturated rings. The highest BCUT2D eigenvalue weighted by atomic mass is 32.2. The molecule has 4 heteroatoms. The fraction of sp³-hybridized carbons (Fsp3) is 0.385. The third-order valence-electron chi connectivity index (χ3n) is 2.32. The maximum absolute atomic E-state index is 11.4. The van der Waals surface area contributed by atoms with Crippen LogP contribution in [0.4, 0.5) is 0 Å². The molecule has 0 aromatic heterocycles. The van der Waals surface area contributed by atoms with Crippen LogP contribution in [-0.2, 0) is 9.84 Å². The van der Waals surface area contributed by atoms with Gasteiger partial charge in [0.05, 0.1) is 5.75 Å². The quantitative estimate of drug-likeness (QED) is 0.788. The average Bonchev–Trinajstić information content (AvgIpc) is 2.24. The van der Waals surface area contributed by atoms with E-state index < -0.39 is 9.84 Å². The maximum Gasteiger partial charge on any atom is 0.149 e. The monoisotopic (exact) mass is 253 g/mol. The summed E-state index contributed by atoms with van der Waals surface area (Å²) in [7, 11) is -3.01. The van der Waals surface area contributed by atoms with Crippen LogP contribution in [0.5, 0.6) is 0 Å². The summed E-state index contributed by atoms with van der Waals surface area (Å²) in [6, 6.07) is 9.42. The number of nitrogens with one attached hydrogen (secondary N) is 1. The van der Waals surface area contributed by atoms with Gasteiger partial charge < -0.3 is 5.32 Å². The molecule has 0 saturated carbocycles. The zero-order chi connectivity index (χ0) is 12.9. The second-order valence-electron chi connectivity index (χ2n) is 4.39. The minimum Gasteiger partial charge on any atom is -0.305 e. The van der Waals surface area contributed by atoms with Crippen molar-refractivity contribution in [2.75, 3.05) is 18.6 Å². The molecule has 0 radical (unpaired) electrons. The largest absolute Gasteiger partial charge is 0.305 e. The zero-order valence-electron chi connectivity index (χ0n) is 10.3. The van der Waals surface area contributed by atoms with E-state index >= 15 is 0 Å². The molecular formula is C13H19NO2S. The van der Waals surface area contributed by atoms with Crippen LogP contribution in [0.1, 0.15) is 18.5 Å². The Morgan fingerprint density at radius 3 is 2.41 bits per heavy atom. The Morgan fingerprint density at radius 2 is 1.94 bits per heavy atom. The highest BCUT2D eigenvalue weighted by Crippen LogP contribution is 2.14. The number of hydrogen-bond donors (Lipinski definition) is 1. The first-order valence-corrected chi connectivity index (χ1v) is 7.55. The minimum absolute atomic E-state index is 0.101. The van der Waals surface area contributed by atoms with E-state index in [-0.39, 0.29) is 11.8 Å². The van der Waals surface area contributed by atoms with Crippen molar-refractivity contribution in [3.05, 3.63) is 48.0 Å². The molecule has 0 heterocycles. The summed E-state index contributed by atoms with van der Waals surface area (Å²) in [5.74, 6) is 0.101. The van der Waals surface area contributed by atoms with Crippen molar-refractivity contribution in [2.24, 2.45) is 0 Å². The van der Waals surface area contributed by atoms with Gasteiger partial charge in [0, 0.05) is 18.8 Å². The van der Waals surface area contributed by atoms with Crippen molar-refractivity contribution < 1.29 is 8.42 Å². The second kappa shape index (κ2) is 5.98. The van der Waals surface area contributed by atoms with Gasteiger partial charge >= 0.3 is 0 Å². The fourth-order valence-electron chi connectivity index (χ4n) is 1.56. The SMILES string of the molecule is C=C(C)CNC(CS(C)(=O)=O)c1ccccc1. The molecule has 0 aliphatic rings. The molecule has 0 amide bonds. The lowest BCUT2D eigenvalue weighted by Gasteiger charge is -2.18. The van der Waals surface area contributed by atoms with Crippen LogP contribution >= 0.6 is 0 Å². The van der Waals surface area contributed by atoms with Gasteiger partial charge in [0.2, 0.25) is 0 Å². The van der Waals surface area contributed by atoms with Gasteiger partial charge in [0.15, 0.2) is 0 Å². The Kier molecular flexibility index (Phi) is 4.90. The summed E-state index contributed by atoms with van der Waals surface area (Å²) in [6.45, 7) is 6.34. The second-order valence-corrected chi connectivity index (χ2v) is 6.58. The molecule has 1 aromatic carbocycles. The van der Waals surface area contributed by atoms with Crippen LogP contribution in [0.3, 0.4) is 0 Å². The van der Waals surface area contributed by atoms with Crippen LogP contribution in [0.2, 0.25) is 0 Å². The molecule has 94 valence electrons. The van der Waals surface area contributed by atoms with Crippen LogP contribution in [0, 0.1) is 0 Å². The molecule has 1 atom stereocenters. The van der Waals surface area contributed by atoms with E-state index in [1.54, 1.807) is 0 Å². The van der Waals surface area contributed by atoms with Crippen molar-refractivity contribution in [2.45, 2.75) is 13.0 Å². The number of hydrogen-bond acceptors (Lipinski definition) is 3. The number of rotatable bonds is 6. The van der Waals surface area contributed by atoms with Gasteiger partial charge in [-0.2, -0.15) is 0 Å². The number of benzene rings is 1. The average molecular weight is 253 g/mol. The van der Waals surface area contributed by atoms with Crippen molar-refractivity contribution in [1.82, 2.24) is 5.32 Å². The van der Waals surface area contributed by atoms with Gasteiger partial charge in [-0.3, -0.25) is 0 Å². The standard InChI is InChI=1S/C13H19NO2S/c1-11(2)9-14-13(10-17(3,15)16)12-7-5-4-6-8-12/h4-8,13-14H,1,9-10H2,2-3H3. The minimum atomic E-state index is -3.01. The Hall–Kier alpha value is -1.13. The lowest BCUT2D eigenvalue weighted by Crippen LogP contribution is -2.28. The Morgan fingerprint density at radius 1 is 1.35 bits per heavy atom. The Labute approximate surface area is 103 Å². The van der Waals surface area contributed by atoms with Crippen LogP contribution in [0.25, 0.3) is 0 Å². The summed E-state index contributed by atoms with van der Waals surface area (Å²) >= 11 is 0. The van der Waals surface area contributed by atoms with E-state index in [4.69, 9.17) is 0 Å². The number of sulfone groups is 1. The Bertz CT molecular complexity index is 465. The normalized spacial score (nSPS) is 13.3. The molecule has 0 saturated heterocycles. The van der Waals surface area contributed by atoms with Crippen LogP contribution in [-0.4, -0.2) is 27.0 Å². The van der Waals surface area contributed by atoms with E-state index in [0.717, 1.165) is 11.1 Å². The predicted octanol–water partition coefficient (Wildman–Crippen LogP) is 1.94. The first kappa shape index (κ1) is 13.9. The molecule has 3 nitrogen and oxygen atoms in total. The van der Waals surface area contributed by atoms with Gasteiger partial charge in [0.1, 0.15) is 9.84 Å². The van der Waals surface area contributed by atoms with Crippen molar-refractivity contribution in [3.63, 3.8) is 0 Å². The molecule has 1 N–H and O–H groups in total. The molecular weight excluding hydrogens is 234 g/mol. The smallest absolute Gasteiger partial charge is 0.149 e. The van der Waals surface area contributed by atoms with Crippen molar-refractivity contribution >= 4 is 9.84 Å². The summed E-state index contributed by atoms with van der Waals surface area (Å²) in [6.07, 6.45) is 1.26. The first-order valence-electron chi connectivity index (χ1n) is 5.49. The zero-order valence-corrected chi connectivity index (χ0v) is 11.1. The van der Waals surface area contributed by atoms with E-state index in [0.29, 0.717) is 6.54 Å². The van der Waals surface area contributed by atoms with Gasteiger partial charge in [0.25, 0.3) is 0 Å². The topological polar surface area (TPSA) is 46.2 Å².